The van der Waals surface area contributed by atoms with Gasteiger partial charge >= 0.3 is 6.09 Å². The van der Waals surface area contributed by atoms with E-state index in [1.54, 1.807) is 25.0 Å². The lowest BCUT2D eigenvalue weighted by atomic mass is 10.1. The lowest BCUT2D eigenvalue weighted by molar-refractivity contribution is 0.0106. The van der Waals surface area contributed by atoms with Crippen molar-refractivity contribution >= 4 is 63.0 Å². The second-order valence-electron chi connectivity index (χ2n) is 13.0. The molecule has 2 spiro atoms. The second kappa shape index (κ2) is 10.4. The van der Waals surface area contributed by atoms with Gasteiger partial charge in [-0.05, 0) is 46.5 Å². The molecule has 43 heavy (non-hydrogen) atoms. The van der Waals surface area contributed by atoms with Crippen LogP contribution in [0.1, 0.15) is 46.5 Å². The molecule has 1 amide bonds. The Labute approximate surface area is 259 Å². The van der Waals surface area contributed by atoms with Crippen molar-refractivity contribution in [2.24, 2.45) is 0 Å². The molecule has 4 aliphatic rings. The summed E-state index contributed by atoms with van der Waals surface area (Å²) in [4.78, 5) is 42.5. The number of hydrogen-bond donors (Lipinski definition) is 3. The molecule has 0 atom stereocenters. The molecular weight excluding hydrogens is 591 g/mol. The van der Waals surface area contributed by atoms with E-state index in [1.165, 1.54) is 12.8 Å². The average Bonchev–Trinajstić information content (AvgIpc) is 3.84. The normalized spacial score (nSPS) is 20.4. The molecular formula is C29H36Cl2N10O2. The first-order chi connectivity index (χ1) is 20.6. The van der Waals surface area contributed by atoms with Crippen molar-refractivity contribution in [1.29, 1.82) is 0 Å². The van der Waals surface area contributed by atoms with Gasteiger partial charge in [-0.25, -0.2) is 24.7 Å². The van der Waals surface area contributed by atoms with E-state index in [1.807, 2.05) is 25.7 Å². The molecule has 2 saturated heterocycles. The Morgan fingerprint density at radius 2 is 1.42 bits per heavy atom. The van der Waals surface area contributed by atoms with Crippen molar-refractivity contribution in [1.82, 2.24) is 40.1 Å². The number of hydrogen-bond acceptors (Lipinski definition) is 9. The molecule has 8 rings (SSSR count). The van der Waals surface area contributed by atoms with Gasteiger partial charge in [-0.15, -0.1) is 0 Å². The number of aromatic nitrogens is 6. The smallest absolute Gasteiger partial charge is 0.410 e. The quantitative estimate of drug-likeness (QED) is 0.288. The molecule has 6 heterocycles. The molecule has 2 saturated carbocycles. The summed E-state index contributed by atoms with van der Waals surface area (Å²) in [7, 11) is 0. The van der Waals surface area contributed by atoms with E-state index < -0.39 is 5.60 Å². The Morgan fingerprint density at radius 3 is 1.95 bits per heavy atom. The van der Waals surface area contributed by atoms with Crippen LogP contribution in [0.3, 0.4) is 0 Å². The topological polar surface area (TPSA) is 131 Å². The standard InChI is InChI=1S/C17H22ClN5O2.C12H14ClN5/c1-16(2,3)25-15(24)23-7-6-22(9-17(23)4-5-17)14-12-11(18)8-19-13(12)20-10-21-14;13-8-5-14-10-9(8)11(16-7-15-10)18-4-3-17-12(6-18)1-2-12/h8,10H,4-7,9H2,1-3H3,(H,19,20,21);5,7,17H,1-4,6H2,(H,14,15,16). The number of fused-ring (bicyclic) bond motifs is 2. The number of ether oxygens (including phenoxy) is 1. The molecule has 14 heteroatoms. The summed E-state index contributed by atoms with van der Waals surface area (Å²) in [6.45, 7) is 10.7. The van der Waals surface area contributed by atoms with Crippen molar-refractivity contribution < 1.29 is 9.53 Å². The van der Waals surface area contributed by atoms with Crippen molar-refractivity contribution in [3.8, 4) is 0 Å². The van der Waals surface area contributed by atoms with Gasteiger partial charge in [0.1, 0.15) is 41.2 Å². The number of amides is 1. The SMILES string of the molecule is CC(C)(C)OC(=O)N1CCN(c2ncnc3[nH]cc(Cl)c23)CC12CC2.Clc1c[nH]c2ncnc(N3CCNC4(CC4)C3)c12. The fourth-order valence-electron chi connectivity index (χ4n) is 6.25. The highest BCUT2D eigenvalue weighted by Crippen LogP contribution is 2.46. The minimum Gasteiger partial charge on any atom is -0.444 e. The molecule has 4 fully saturated rings. The first-order valence-electron chi connectivity index (χ1n) is 14.8. The number of rotatable bonds is 2. The molecule has 2 aliphatic carbocycles. The molecule has 0 unspecified atom stereocenters. The Hall–Kier alpha value is -3.35. The largest absolute Gasteiger partial charge is 0.444 e. The molecule has 0 aromatic carbocycles. The maximum Gasteiger partial charge on any atom is 0.410 e. The zero-order valence-corrected chi connectivity index (χ0v) is 26.1. The molecule has 0 radical (unpaired) electrons. The summed E-state index contributed by atoms with van der Waals surface area (Å²) < 4.78 is 5.59. The zero-order chi connectivity index (χ0) is 30.0. The van der Waals surface area contributed by atoms with E-state index in [0.29, 0.717) is 28.7 Å². The summed E-state index contributed by atoms with van der Waals surface area (Å²) in [6, 6.07) is 0. The highest BCUT2D eigenvalue weighted by molar-refractivity contribution is 6.36. The fraction of sp³-hybridized carbons (Fsp3) is 0.552. The summed E-state index contributed by atoms with van der Waals surface area (Å²) in [5, 5.41) is 6.69. The van der Waals surface area contributed by atoms with Gasteiger partial charge in [0.15, 0.2) is 0 Å². The summed E-state index contributed by atoms with van der Waals surface area (Å²) in [6.07, 6.45) is 10.9. The molecule has 4 aromatic heterocycles. The number of nitrogens with zero attached hydrogens (tertiary/aromatic N) is 7. The van der Waals surface area contributed by atoms with Crippen LogP contribution in [-0.4, -0.2) is 96.8 Å². The predicted octanol–water partition coefficient (Wildman–Crippen LogP) is 4.75. The Bertz CT molecular complexity index is 1670. The number of aromatic amines is 2. The first-order valence-corrected chi connectivity index (χ1v) is 15.5. The number of anilines is 2. The van der Waals surface area contributed by atoms with Gasteiger partial charge in [0.2, 0.25) is 0 Å². The Morgan fingerprint density at radius 1 is 0.837 bits per heavy atom. The summed E-state index contributed by atoms with van der Waals surface area (Å²) in [5.41, 5.74) is 1.24. The van der Waals surface area contributed by atoms with Crippen LogP contribution in [0.4, 0.5) is 16.4 Å². The second-order valence-corrected chi connectivity index (χ2v) is 13.8. The van der Waals surface area contributed by atoms with Crippen molar-refractivity contribution in [2.45, 2.75) is 63.1 Å². The number of carbonyl (C=O) groups is 1. The third-order valence-electron chi connectivity index (χ3n) is 8.72. The van der Waals surface area contributed by atoms with E-state index in [4.69, 9.17) is 27.9 Å². The van der Waals surface area contributed by atoms with Crippen LogP contribution < -0.4 is 15.1 Å². The Kier molecular flexibility index (Phi) is 6.86. The summed E-state index contributed by atoms with van der Waals surface area (Å²) in [5.74, 6) is 1.78. The van der Waals surface area contributed by atoms with Crippen LogP contribution in [0.25, 0.3) is 22.1 Å². The molecule has 228 valence electrons. The number of nitrogens with one attached hydrogen (secondary N) is 3. The van der Waals surface area contributed by atoms with Gasteiger partial charge < -0.3 is 29.8 Å². The van der Waals surface area contributed by atoms with E-state index in [9.17, 15) is 4.79 Å². The molecule has 4 aromatic rings. The van der Waals surface area contributed by atoms with Gasteiger partial charge in [0.25, 0.3) is 0 Å². The van der Waals surface area contributed by atoms with E-state index in [0.717, 1.165) is 72.7 Å². The zero-order valence-electron chi connectivity index (χ0n) is 24.6. The maximum absolute atomic E-state index is 12.6. The summed E-state index contributed by atoms with van der Waals surface area (Å²) >= 11 is 12.5. The van der Waals surface area contributed by atoms with Crippen LogP contribution >= 0.6 is 23.2 Å². The predicted molar refractivity (Wildman–Crippen MR) is 167 cm³/mol. The van der Waals surface area contributed by atoms with Crippen molar-refractivity contribution in [3.63, 3.8) is 0 Å². The highest BCUT2D eigenvalue weighted by atomic mass is 35.5. The van der Waals surface area contributed by atoms with Gasteiger partial charge in [-0.1, -0.05) is 23.2 Å². The third kappa shape index (κ3) is 5.44. The van der Waals surface area contributed by atoms with Gasteiger partial charge in [-0.2, -0.15) is 0 Å². The highest BCUT2D eigenvalue weighted by Gasteiger charge is 2.54. The lowest BCUT2D eigenvalue weighted by Crippen LogP contribution is -2.58. The molecule has 0 bridgehead atoms. The average molecular weight is 628 g/mol. The molecule has 12 nitrogen and oxygen atoms in total. The lowest BCUT2D eigenvalue weighted by Gasteiger charge is -2.42. The van der Waals surface area contributed by atoms with Crippen molar-refractivity contribution in [3.05, 3.63) is 35.1 Å². The van der Waals surface area contributed by atoms with Gasteiger partial charge in [0, 0.05) is 57.2 Å². The third-order valence-corrected chi connectivity index (χ3v) is 9.32. The fourth-order valence-corrected chi connectivity index (χ4v) is 6.71. The number of halogens is 2. The van der Waals surface area contributed by atoms with E-state index in [-0.39, 0.29) is 11.6 Å². The molecule has 2 aliphatic heterocycles. The Balaban J connectivity index is 0.000000147. The van der Waals surface area contributed by atoms with Crippen LogP contribution in [0, 0.1) is 0 Å². The van der Waals surface area contributed by atoms with Gasteiger partial charge in [0.05, 0.1) is 26.4 Å². The first kappa shape index (κ1) is 28.4. The number of carbonyl (C=O) groups excluding carboxylic acids is 1. The monoisotopic (exact) mass is 626 g/mol. The minimum absolute atomic E-state index is 0.152. The van der Waals surface area contributed by atoms with Gasteiger partial charge in [-0.3, -0.25) is 4.90 Å². The van der Waals surface area contributed by atoms with Crippen LogP contribution in [-0.2, 0) is 4.74 Å². The van der Waals surface area contributed by atoms with Crippen LogP contribution in [0.15, 0.2) is 25.0 Å². The van der Waals surface area contributed by atoms with E-state index >= 15 is 0 Å². The van der Waals surface area contributed by atoms with Crippen LogP contribution in [0.2, 0.25) is 10.0 Å². The van der Waals surface area contributed by atoms with Crippen molar-refractivity contribution in [2.75, 3.05) is 49.1 Å². The van der Waals surface area contributed by atoms with Crippen LogP contribution in [0.5, 0.6) is 0 Å². The minimum atomic E-state index is -0.484. The number of H-pyrrole nitrogens is 2. The number of piperazine rings is 2. The molecule has 3 N–H and O–H groups in total. The van der Waals surface area contributed by atoms with E-state index in [2.05, 4.69) is 45.0 Å². The maximum atomic E-state index is 12.6.